The zero-order valence-electron chi connectivity index (χ0n) is 19.3. The summed E-state index contributed by atoms with van der Waals surface area (Å²) in [7, 11) is 1.26. The summed E-state index contributed by atoms with van der Waals surface area (Å²) in [5.74, 6) is -0.936. The topological polar surface area (TPSA) is 73.7 Å². The minimum Gasteiger partial charge on any atom is -0.465 e. The molecule has 1 atom stereocenters. The van der Waals surface area contributed by atoms with Crippen LogP contribution in [0.25, 0.3) is 16.6 Å². The second-order valence-electron chi connectivity index (χ2n) is 9.31. The predicted octanol–water partition coefficient (Wildman–Crippen LogP) is 5.07. The summed E-state index contributed by atoms with van der Waals surface area (Å²) in [5.41, 5.74) is 1.91. The van der Waals surface area contributed by atoms with E-state index >= 15 is 0 Å². The number of hydrogen-bond acceptors (Lipinski definition) is 5. The number of aromatic nitrogens is 2. The molecule has 2 aromatic carbocycles. The molecule has 0 bridgehead atoms. The summed E-state index contributed by atoms with van der Waals surface area (Å²) in [4.78, 5) is 26.3. The van der Waals surface area contributed by atoms with E-state index in [4.69, 9.17) is 9.47 Å². The number of carbonyl (C=O) groups is 2. The largest absolute Gasteiger partial charge is 0.465 e. The average Bonchev–Trinajstić information content (AvgIpc) is 3.21. The molecule has 7 nitrogen and oxygen atoms in total. The van der Waals surface area contributed by atoms with Gasteiger partial charge in [-0.05, 0) is 57.4 Å². The van der Waals surface area contributed by atoms with E-state index in [1.54, 1.807) is 15.8 Å². The minimum absolute atomic E-state index is 0.139. The molecule has 0 spiro atoms. The first-order chi connectivity index (χ1) is 15.6. The van der Waals surface area contributed by atoms with Gasteiger partial charge in [-0.25, -0.2) is 18.7 Å². The number of methoxy groups -OCH3 is 1. The lowest BCUT2D eigenvalue weighted by molar-refractivity contribution is 0.0198. The molecular formula is C25H28FN3O4. The number of ether oxygens (including phenoxy) is 2. The molecule has 1 aliphatic heterocycles. The molecule has 0 aliphatic carbocycles. The minimum atomic E-state index is -0.610. The second-order valence-corrected chi connectivity index (χ2v) is 9.31. The third-order valence-electron chi connectivity index (χ3n) is 5.70. The maximum Gasteiger partial charge on any atom is 0.410 e. The summed E-state index contributed by atoms with van der Waals surface area (Å²) < 4.78 is 25.9. The molecule has 0 radical (unpaired) electrons. The number of esters is 1. The summed E-state index contributed by atoms with van der Waals surface area (Å²) in [6.45, 7) is 6.91. The van der Waals surface area contributed by atoms with Crippen LogP contribution in [0.5, 0.6) is 0 Å². The Morgan fingerprint density at radius 1 is 1.15 bits per heavy atom. The Labute approximate surface area is 192 Å². The number of benzene rings is 2. The van der Waals surface area contributed by atoms with Gasteiger partial charge in [-0.2, -0.15) is 5.10 Å². The number of piperidine rings is 1. The van der Waals surface area contributed by atoms with Gasteiger partial charge in [0.05, 0.1) is 23.9 Å². The number of amides is 1. The average molecular weight is 454 g/mol. The smallest absolute Gasteiger partial charge is 0.410 e. The van der Waals surface area contributed by atoms with Crippen molar-refractivity contribution in [3.63, 3.8) is 0 Å². The van der Waals surface area contributed by atoms with Crippen LogP contribution in [-0.4, -0.2) is 52.5 Å². The molecule has 1 aliphatic rings. The molecule has 1 saturated heterocycles. The number of likely N-dealkylation sites (tertiary alicyclic amines) is 1. The standard InChI is InChI=1S/C25H28FN3O4/c1-25(2,3)33-24(31)28-11-5-6-17(14-28)16-7-9-19(10-8-16)29-15-21-20(23(30)32-4)12-18(26)13-22(21)27-29/h7-10,12-13,15,17H,5-6,11,14H2,1-4H3. The van der Waals surface area contributed by atoms with Crippen LogP contribution in [0.15, 0.2) is 42.6 Å². The summed E-state index contributed by atoms with van der Waals surface area (Å²) in [5, 5.41) is 4.95. The molecule has 174 valence electrons. The molecule has 1 unspecified atom stereocenters. The maximum absolute atomic E-state index is 13.9. The number of carbonyl (C=O) groups excluding carboxylic acids is 2. The molecular weight excluding hydrogens is 425 g/mol. The first kappa shape index (κ1) is 22.8. The van der Waals surface area contributed by atoms with Crippen LogP contribution in [-0.2, 0) is 9.47 Å². The molecule has 1 fully saturated rings. The SMILES string of the molecule is COC(=O)c1cc(F)cc2nn(-c3ccc(C4CCCN(C(=O)OC(C)(C)C)C4)cc3)cc12. The second kappa shape index (κ2) is 8.84. The number of halogens is 1. The monoisotopic (exact) mass is 453 g/mol. The normalized spacial score (nSPS) is 16.6. The Kier molecular flexibility index (Phi) is 6.10. The van der Waals surface area contributed by atoms with E-state index < -0.39 is 17.4 Å². The van der Waals surface area contributed by atoms with Crippen molar-refractivity contribution in [2.45, 2.75) is 45.1 Å². The Bertz CT molecular complexity index is 1180. The summed E-state index contributed by atoms with van der Waals surface area (Å²) in [6, 6.07) is 10.4. The van der Waals surface area contributed by atoms with Crippen molar-refractivity contribution in [2.75, 3.05) is 20.2 Å². The van der Waals surface area contributed by atoms with E-state index in [0.717, 1.165) is 30.2 Å². The first-order valence-corrected chi connectivity index (χ1v) is 11.0. The van der Waals surface area contributed by atoms with Crippen molar-refractivity contribution in [1.29, 1.82) is 0 Å². The fraction of sp³-hybridized carbons (Fsp3) is 0.400. The van der Waals surface area contributed by atoms with E-state index in [1.165, 1.54) is 13.2 Å². The van der Waals surface area contributed by atoms with Gasteiger partial charge >= 0.3 is 12.1 Å². The van der Waals surface area contributed by atoms with Crippen molar-refractivity contribution >= 4 is 23.0 Å². The quantitative estimate of drug-likeness (QED) is 0.518. The number of rotatable bonds is 3. The highest BCUT2D eigenvalue weighted by molar-refractivity contribution is 6.03. The highest BCUT2D eigenvalue weighted by atomic mass is 19.1. The Morgan fingerprint density at radius 2 is 1.88 bits per heavy atom. The third-order valence-corrected chi connectivity index (χ3v) is 5.70. The molecule has 2 heterocycles. The lowest BCUT2D eigenvalue weighted by atomic mass is 9.91. The highest BCUT2D eigenvalue weighted by Crippen LogP contribution is 2.29. The van der Waals surface area contributed by atoms with Crippen molar-refractivity contribution in [2.24, 2.45) is 0 Å². The van der Waals surface area contributed by atoms with Crippen LogP contribution >= 0.6 is 0 Å². The highest BCUT2D eigenvalue weighted by Gasteiger charge is 2.28. The lowest BCUT2D eigenvalue weighted by Gasteiger charge is -2.34. The predicted molar refractivity (Wildman–Crippen MR) is 122 cm³/mol. The van der Waals surface area contributed by atoms with Gasteiger partial charge in [0, 0.05) is 36.7 Å². The first-order valence-electron chi connectivity index (χ1n) is 11.0. The van der Waals surface area contributed by atoms with Gasteiger partial charge in [0.2, 0.25) is 0 Å². The fourth-order valence-electron chi connectivity index (χ4n) is 4.14. The van der Waals surface area contributed by atoms with Crippen LogP contribution in [0.4, 0.5) is 9.18 Å². The van der Waals surface area contributed by atoms with Gasteiger partial charge in [-0.1, -0.05) is 12.1 Å². The van der Waals surface area contributed by atoms with Crippen LogP contribution < -0.4 is 0 Å². The third kappa shape index (κ3) is 4.99. The Balaban J connectivity index is 1.54. The van der Waals surface area contributed by atoms with Gasteiger partial charge in [-0.15, -0.1) is 0 Å². The van der Waals surface area contributed by atoms with Crippen LogP contribution in [0.2, 0.25) is 0 Å². The van der Waals surface area contributed by atoms with Crippen LogP contribution in [0, 0.1) is 5.82 Å². The van der Waals surface area contributed by atoms with Crippen molar-refractivity contribution in [3.8, 4) is 5.69 Å². The van der Waals surface area contributed by atoms with Gasteiger partial charge < -0.3 is 14.4 Å². The van der Waals surface area contributed by atoms with E-state index in [2.05, 4.69) is 5.10 Å². The van der Waals surface area contributed by atoms with Crippen molar-refractivity contribution in [3.05, 3.63) is 59.5 Å². The number of nitrogens with zero attached hydrogens (tertiary/aromatic N) is 3. The van der Waals surface area contributed by atoms with Gasteiger partial charge in [0.15, 0.2) is 0 Å². The maximum atomic E-state index is 13.9. The van der Waals surface area contributed by atoms with E-state index in [0.29, 0.717) is 24.0 Å². The van der Waals surface area contributed by atoms with E-state index in [1.807, 2.05) is 45.0 Å². The molecule has 1 aromatic heterocycles. The molecule has 1 amide bonds. The summed E-state index contributed by atoms with van der Waals surface area (Å²) >= 11 is 0. The number of fused-ring (bicyclic) bond motifs is 1. The molecule has 4 rings (SSSR count). The zero-order valence-corrected chi connectivity index (χ0v) is 19.3. The van der Waals surface area contributed by atoms with Gasteiger partial charge in [0.1, 0.15) is 11.4 Å². The van der Waals surface area contributed by atoms with Crippen LogP contribution in [0.1, 0.15) is 55.5 Å². The van der Waals surface area contributed by atoms with Gasteiger partial charge in [-0.3, -0.25) is 0 Å². The Morgan fingerprint density at radius 3 is 2.55 bits per heavy atom. The zero-order chi connectivity index (χ0) is 23.8. The van der Waals surface area contributed by atoms with Crippen molar-refractivity contribution < 1.29 is 23.5 Å². The van der Waals surface area contributed by atoms with Crippen LogP contribution in [0.3, 0.4) is 0 Å². The van der Waals surface area contributed by atoms with E-state index in [-0.39, 0.29) is 17.6 Å². The molecule has 0 N–H and O–H groups in total. The summed E-state index contributed by atoms with van der Waals surface area (Å²) in [6.07, 6.45) is 3.33. The Hall–Kier alpha value is -3.42. The van der Waals surface area contributed by atoms with E-state index in [9.17, 15) is 14.0 Å². The van der Waals surface area contributed by atoms with Crippen molar-refractivity contribution in [1.82, 2.24) is 14.7 Å². The van der Waals surface area contributed by atoms with Gasteiger partial charge in [0.25, 0.3) is 0 Å². The lowest BCUT2D eigenvalue weighted by Crippen LogP contribution is -2.42. The molecule has 8 heteroatoms. The molecule has 0 saturated carbocycles. The molecule has 3 aromatic rings. The molecule has 33 heavy (non-hydrogen) atoms. The fourth-order valence-corrected chi connectivity index (χ4v) is 4.14. The number of hydrogen-bond donors (Lipinski definition) is 0.